The Kier molecular flexibility index (Phi) is 6.41. The Morgan fingerprint density at radius 3 is 2.46 bits per heavy atom. The topological polar surface area (TPSA) is 55.4 Å². The number of aryl methyl sites for hydroxylation is 1. The molecular formula is C18H15Cl2NO3. The zero-order valence-corrected chi connectivity index (χ0v) is 14.4. The molecule has 24 heavy (non-hydrogen) atoms. The molecule has 0 fully saturated rings. The maximum atomic E-state index is 11.7. The average molecular weight is 364 g/mol. The van der Waals surface area contributed by atoms with Gasteiger partial charge in [0.05, 0.1) is 10.0 Å². The number of carbonyl (C=O) groups is 2. The normalized spacial score (nSPS) is 10.6. The van der Waals surface area contributed by atoms with Crippen LogP contribution in [0.5, 0.6) is 0 Å². The number of hydrogen-bond donors (Lipinski definition) is 1. The monoisotopic (exact) mass is 363 g/mol. The summed E-state index contributed by atoms with van der Waals surface area (Å²) in [5.41, 5.74) is 2.44. The third-order valence-corrected chi connectivity index (χ3v) is 3.78. The van der Waals surface area contributed by atoms with Crippen molar-refractivity contribution in [1.82, 2.24) is 0 Å². The molecule has 0 atom stereocenters. The van der Waals surface area contributed by atoms with E-state index in [1.807, 2.05) is 19.1 Å². The van der Waals surface area contributed by atoms with Crippen LogP contribution in [0.3, 0.4) is 0 Å². The van der Waals surface area contributed by atoms with Crippen LogP contribution in [-0.2, 0) is 14.3 Å². The van der Waals surface area contributed by atoms with E-state index in [0.29, 0.717) is 21.3 Å². The first-order valence-corrected chi connectivity index (χ1v) is 7.86. The molecule has 1 amide bonds. The lowest BCUT2D eigenvalue weighted by Gasteiger charge is -2.05. The van der Waals surface area contributed by atoms with Crippen molar-refractivity contribution in [3.8, 4) is 0 Å². The van der Waals surface area contributed by atoms with Crippen LogP contribution >= 0.6 is 23.2 Å². The number of hydrogen-bond acceptors (Lipinski definition) is 3. The van der Waals surface area contributed by atoms with Crippen LogP contribution < -0.4 is 5.32 Å². The fourth-order valence-electron chi connectivity index (χ4n) is 1.80. The summed E-state index contributed by atoms with van der Waals surface area (Å²) >= 11 is 11.7. The van der Waals surface area contributed by atoms with Gasteiger partial charge in [-0.05, 0) is 42.8 Å². The summed E-state index contributed by atoms with van der Waals surface area (Å²) in [4.78, 5) is 23.3. The zero-order chi connectivity index (χ0) is 17.5. The Balaban J connectivity index is 1.81. The summed E-state index contributed by atoms with van der Waals surface area (Å²) in [6.45, 7) is 1.59. The second-order valence-electron chi connectivity index (χ2n) is 5.03. The minimum Gasteiger partial charge on any atom is -0.452 e. The number of benzene rings is 2. The highest BCUT2D eigenvalue weighted by Gasteiger charge is 2.06. The van der Waals surface area contributed by atoms with Gasteiger partial charge in [0.1, 0.15) is 0 Å². The second kappa shape index (κ2) is 8.52. The van der Waals surface area contributed by atoms with Crippen molar-refractivity contribution in [1.29, 1.82) is 0 Å². The van der Waals surface area contributed by atoms with Gasteiger partial charge in [0.25, 0.3) is 5.91 Å². The minimum atomic E-state index is -0.625. The van der Waals surface area contributed by atoms with Gasteiger partial charge in [0, 0.05) is 11.8 Å². The lowest BCUT2D eigenvalue weighted by molar-refractivity contribution is -0.142. The highest BCUT2D eigenvalue weighted by atomic mass is 35.5. The summed E-state index contributed by atoms with van der Waals surface area (Å²) in [7, 11) is 0. The standard InChI is InChI=1S/C18H15Cl2NO3/c1-12-2-6-14(7-3-12)21-17(22)11-24-18(23)9-5-13-4-8-15(19)16(20)10-13/h2-10H,11H2,1H3,(H,21,22). The molecule has 1 N–H and O–H groups in total. The molecule has 6 heteroatoms. The van der Waals surface area contributed by atoms with Crippen molar-refractivity contribution in [2.45, 2.75) is 6.92 Å². The average Bonchev–Trinajstić information content (AvgIpc) is 2.56. The number of esters is 1. The highest BCUT2D eigenvalue weighted by molar-refractivity contribution is 6.42. The van der Waals surface area contributed by atoms with Gasteiger partial charge in [-0.1, -0.05) is 47.0 Å². The van der Waals surface area contributed by atoms with Gasteiger partial charge >= 0.3 is 5.97 Å². The number of anilines is 1. The van der Waals surface area contributed by atoms with Crippen molar-refractivity contribution >= 4 is 46.8 Å². The summed E-state index contributed by atoms with van der Waals surface area (Å²) in [6, 6.07) is 12.3. The molecule has 4 nitrogen and oxygen atoms in total. The number of halogens is 2. The summed E-state index contributed by atoms with van der Waals surface area (Å²) in [5.74, 6) is -1.03. The smallest absolute Gasteiger partial charge is 0.331 e. The van der Waals surface area contributed by atoms with E-state index in [9.17, 15) is 9.59 Å². The molecule has 0 spiro atoms. The highest BCUT2D eigenvalue weighted by Crippen LogP contribution is 2.23. The molecule has 2 aromatic carbocycles. The lowest BCUT2D eigenvalue weighted by atomic mass is 10.2. The number of amides is 1. The van der Waals surface area contributed by atoms with Gasteiger partial charge < -0.3 is 10.1 Å². The van der Waals surface area contributed by atoms with Crippen LogP contribution in [0.4, 0.5) is 5.69 Å². The van der Waals surface area contributed by atoms with E-state index in [1.165, 1.54) is 12.2 Å². The maximum absolute atomic E-state index is 11.7. The van der Waals surface area contributed by atoms with Gasteiger partial charge in [-0.15, -0.1) is 0 Å². The van der Waals surface area contributed by atoms with E-state index < -0.39 is 11.9 Å². The van der Waals surface area contributed by atoms with E-state index in [4.69, 9.17) is 27.9 Å². The van der Waals surface area contributed by atoms with E-state index in [-0.39, 0.29) is 6.61 Å². The molecule has 0 aliphatic carbocycles. The van der Waals surface area contributed by atoms with Crippen LogP contribution in [-0.4, -0.2) is 18.5 Å². The Morgan fingerprint density at radius 1 is 1.08 bits per heavy atom. The van der Waals surface area contributed by atoms with Crippen molar-refractivity contribution in [2.75, 3.05) is 11.9 Å². The van der Waals surface area contributed by atoms with Crippen LogP contribution in [0.2, 0.25) is 10.0 Å². The third-order valence-electron chi connectivity index (χ3n) is 3.04. The maximum Gasteiger partial charge on any atom is 0.331 e. The summed E-state index contributed by atoms with van der Waals surface area (Å²) in [5, 5.41) is 3.47. The molecule has 124 valence electrons. The molecular weight excluding hydrogens is 349 g/mol. The summed E-state index contributed by atoms with van der Waals surface area (Å²) < 4.78 is 4.88. The Bertz CT molecular complexity index is 770. The van der Waals surface area contributed by atoms with E-state index >= 15 is 0 Å². The Morgan fingerprint density at radius 2 is 1.79 bits per heavy atom. The quantitative estimate of drug-likeness (QED) is 0.628. The first-order valence-electron chi connectivity index (χ1n) is 7.10. The number of carbonyl (C=O) groups excluding carboxylic acids is 2. The van der Waals surface area contributed by atoms with E-state index in [2.05, 4.69) is 5.32 Å². The molecule has 0 bridgehead atoms. The molecule has 0 aliphatic rings. The molecule has 0 unspecified atom stereocenters. The number of nitrogens with one attached hydrogen (secondary N) is 1. The molecule has 0 saturated carbocycles. The van der Waals surface area contributed by atoms with Crippen molar-refractivity contribution < 1.29 is 14.3 Å². The predicted molar refractivity (Wildman–Crippen MR) is 96.3 cm³/mol. The van der Waals surface area contributed by atoms with E-state index in [0.717, 1.165) is 5.56 Å². The molecule has 2 rings (SSSR count). The molecule has 0 aromatic heterocycles. The molecule has 0 aliphatic heterocycles. The van der Waals surface area contributed by atoms with E-state index in [1.54, 1.807) is 30.3 Å². The minimum absolute atomic E-state index is 0.363. The summed E-state index contributed by atoms with van der Waals surface area (Å²) in [6.07, 6.45) is 2.75. The molecule has 0 heterocycles. The number of rotatable bonds is 5. The van der Waals surface area contributed by atoms with Gasteiger partial charge in [-0.3, -0.25) is 4.79 Å². The first kappa shape index (κ1) is 18.0. The van der Waals surface area contributed by atoms with Gasteiger partial charge in [-0.2, -0.15) is 0 Å². The molecule has 0 radical (unpaired) electrons. The lowest BCUT2D eigenvalue weighted by Crippen LogP contribution is -2.20. The third kappa shape index (κ3) is 5.72. The molecule has 0 saturated heterocycles. The SMILES string of the molecule is Cc1ccc(NC(=O)COC(=O)C=Cc2ccc(Cl)c(Cl)c2)cc1. The van der Waals surface area contributed by atoms with Crippen LogP contribution in [0, 0.1) is 6.92 Å². The number of ether oxygens (including phenoxy) is 1. The Labute approximate surface area is 150 Å². The van der Waals surface area contributed by atoms with Gasteiger partial charge in [0.2, 0.25) is 0 Å². The van der Waals surface area contributed by atoms with Gasteiger partial charge in [-0.25, -0.2) is 4.79 Å². The Hall–Kier alpha value is -2.30. The van der Waals surface area contributed by atoms with Crippen LogP contribution in [0.15, 0.2) is 48.5 Å². The fraction of sp³-hybridized carbons (Fsp3) is 0.111. The van der Waals surface area contributed by atoms with Crippen molar-refractivity contribution in [3.05, 3.63) is 69.7 Å². The fourth-order valence-corrected chi connectivity index (χ4v) is 2.11. The first-order chi connectivity index (χ1) is 11.4. The van der Waals surface area contributed by atoms with Crippen LogP contribution in [0.1, 0.15) is 11.1 Å². The van der Waals surface area contributed by atoms with Gasteiger partial charge in [0.15, 0.2) is 6.61 Å². The van der Waals surface area contributed by atoms with Crippen molar-refractivity contribution in [3.63, 3.8) is 0 Å². The molecule has 2 aromatic rings. The zero-order valence-electron chi connectivity index (χ0n) is 12.9. The second-order valence-corrected chi connectivity index (χ2v) is 5.84. The predicted octanol–water partition coefficient (Wildman–Crippen LogP) is 4.50. The largest absolute Gasteiger partial charge is 0.452 e. The van der Waals surface area contributed by atoms with Crippen molar-refractivity contribution in [2.24, 2.45) is 0 Å². The van der Waals surface area contributed by atoms with Crippen LogP contribution in [0.25, 0.3) is 6.08 Å².